The highest BCUT2D eigenvalue weighted by atomic mass is 35.5. The molecule has 1 unspecified atom stereocenters. The van der Waals surface area contributed by atoms with Crippen molar-refractivity contribution < 1.29 is 14.4 Å². The number of nitrogens with one attached hydrogen (secondary N) is 2. The first-order valence-electron chi connectivity index (χ1n) is 9.10. The predicted molar refractivity (Wildman–Crippen MR) is 106 cm³/mol. The second kappa shape index (κ2) is 8.10. The summed E-state index contributed by atoms with van der Waals surface area (Å²) in [6.45, 7) is 4.04. The summed E-state index contributed by atoms with van der Waals surface area (Å²) in [7, 11) is 0. The van der Waals surface area contributed by atoms with Crippen LogP contribution >= 0.6 is 11.6 Å². The van der Waals surface area contributed by atoms with Gasteiger partial charge in [0.1, 0.15) is 0 Å². The summed E-state index contributed by atoms with van der Waals surface area (Å²) < 4.78 is 0. The molecule has 1 aliphatic heterocycles. The topological polar surface area (TPSA) is 88.2 Å². The molecule has 2 N–H and O–H groups in total. The van der Waals surface area contributed by atoms with E-state index < -0.39 is 11.3 Å². The fraction of sp³-hybridized carbons (Fsp3) is 0.333. The third-order valence-corrected chi connectivity index (χ3v) is 5.43. The summed E-state index contributed by atoms with van der Waals surface area (Å²) in [4.78, 5) is 40.0. The van der Waals surface area contributed by atoms with Crippen LogP contribution in [0.3, 0.4) is 0 Å². The Morgan fingerprint density at radius 3 is 2.61 bits per heavy atom. The van der Waals surface area contributed by atoms with Crippen LogP contribution in [-0.2, 0) is 26.3 Å². The van der Waals surface area contributed by atoms with Crippen molar-refractivity contribution >= 4 is 29.3 Å². The SMILES string of the molecule is CC(C)(C(=O)NCc1ccc(C2CCC(=O)NC2=O)c(Cl)c1)c1ccncc1. The van der Waals surface area contributed by atoms with Crippen molar-refractivity contribution in [1.82, 2.24) is 15.6 Å². The van der Waals surface area contributed by atoms with Crippen LogP contribution in [0.25, 0.3) is 0 Å². The van der Waals surface area contributed by atoms with Gasteiger partial charge in [0, 0.05) is 30.4 Å². The van der Waals surface area contributed by atoms with E-state index >= 15 is 0 Å². The van der Waals surface area contributed by atoms with Gasteiger partial charge < -0.3 is 5.32 Å². The van der Waals surface area contributed by atoms with Gasteiger partial charge in [0.2, 0.25) is 17.7 Å². The van der Waals surface area contributed by atoms with Crippen LogP contribution in [0.5, 0.6) is 0 Å². The molecule has 1 aliphatic rings. The lowest BCUT2D eigenvalue weighted by molar-refractivity contribution is -0.134. The number of halogens is 1. The predicted octanol–water partition coefficient (Wildman–Crippen LogP) is 2.85. The van der Waals surface area contributed by atoms with Crippen molar-refractivity contribution in [3.63, 3.8) is 0 Å². The molecule has 2 heterocycles. The zero-order valence-corrected chi connectivity index (χ0v) is 16.5. The molecule has 2 aromatic rings. The molecule has 3 amide bonds. The van der Waals surface area contributed by atoms with E-state index in [0.717, 1.165) is 11.1 Å². The number of carbonyl (C=O) groups is 3. The van der Waals surface area contributed by atoms with Crippen molar-refractivity contribution in [1.29, 1.82) is 0 Å². The van der Waals surface area contributed by atoms with E-state index in [0.29, 0.717) is 30.0 Å². The van der Waals surface area contributed by atoms with E-state index in [1.165, 1.54) is 0 Å². The first kappa shape index (κ1) is 20.0. The van der Waals surface area contributed by atoms with Gasteiger partial charge in [-0.15, -0.1) is 0 Å². The van der Waals surface area contributed by atoms with Gasteiger partial charge in [-0.2, -0.15) is 0 Å². The number of pyridine rings is 1. The Bertz CT molecular complexity index is 912. The van der Waals surface area contributed by atoms with E-state index in [9.17, 15) is 14.4 Å². The molecular weight excluding hydrogens is 378 g/mol. The van der Waals surface area contributed by atoms with E-state index in [1.807, 2.05) is 32.0 Å². The van der Waals surface area contributed by atoms with Gasteiger partial charge >= 0.3 is 0 Å². The molecule has 1 aromatic heterocycles. The van der Waals surface area contributed by atoms with E-state index in [1.54, 1.807) is 24.5 Å². The fourth-order valence-corrected chi connectivity index (χ4v) is 3.59. The van der Waals surface area contributed by atoms with Crippen molar-refractivity contribution in [2.45, 2.75) is 44.6 Å². The minimum atomic E-state index is -0.695. The number of benzene rings is 1. The number of aromatic nitrogens is 1. The lowest BCUT2D eigenvalue weighted by Crippen LogP contribution is -2.40. The van der Waals surface area contributed by atoms with Crippen molar-refractivity contribution in [3.05, 3.63) is 64.4 Å². The van der Waals surface area contributed by atoms with E-state index in [4.69, 9.17) is 11.6 Å². The highest BCUT2D eigenvalue weighted by Gasteiger charge is 2.30. The van der Waals surface area contributed by atoms with Crippen molar-refractivity contribution in [2.24, 2.45) is 0 Å². The van der Waals surface area contributed by atoms with E-state index in [2.05, 4.69) is 15.6 Å². The molecule has 28 heavy (non-hydrogen) atoms. The standard InChI is InChI=1S/C21H22ClN3O3/c1-21(2,14-7-9-23-10-8-14)20(28)24-12-13-3-4-15(17(22)11-13)16-5-6-18(26)25-19(16)27/h3-4,7-11,16H,5-6,12H2,1-2H3,(H,24,28)(H,25,26,27). The molecule has 0 spiro atoms. The Morgan fingerprint density at radius 1 is 1.25 bits per heavy atom. The van der Waals surface area contributed by atoms with Crippen molar-refractivity contribution in [2.75, 3.05) is 0 Å². The maximum atomic E-state index is 12.7. The van der Waals surface area contributed by atoms with Gasteiger partial charge in [-0.3, -0.25) is 24.7 Å². The molecule has 0 radical (unpaired) electrons. The molecule has 0 aliphatic carbocycles. The number of hydrogen-bond donors (Lipinski definition) is 2. The first-order chi connectivity index (χ1) is 13.3. The first-order valence-corrected chi connectivity index (χ1v) is 9.47. The minimum Gasteiger partial charge on any atom is -0.351 e. The fourth-order valence-electron chi connectivity index (χ4n) is 3.26. The van der Waals surface area contributed by atoms with E-state index in [-0.39, 0.29) is 17.7 Å². The van der Waals surface area contributed by atoms with Gasteiger partial charge in [0.15, 0.2) is 0 Å². The van der Waals surface area contributed by atoms with Crippen LogP contribution in [0.1, 0.15) is 49.3 Å². The Kier molecular flexibility index (Phi) is 5.79. The molecule has 0 saturated carbocycles. The molecule has 1 fully saturated rings. The molecule has 146 valence electrons. The zero-order chi connectivity index (χ0) is 20.3. The number of piperidine rings is 1. The number of hydrogen-bond acceptors (Lipinski definition) is 4. The maximum absolute atomic E-state index is 12.7. The molecule has 1 saturated heterocycles. The normalized spacial score (nSPS) is 17.2. The molecule has 6 nitrogen and oxygen atoms in total. The molecular formula is C21H22ClN3O3. The molecule has 1 aromatic carbocycles. The number of carbonyl (C=O) groups excluding carboxylic acids is 3. The highest BCUT2D eigenvalue weighted by Crippen LogP contribution is 2.31. The third-order valence-electron chi connectivity index (χ3n) is 5.10. The van der Waals surface area contributed by atoms with Gasteiger partial charge in [-0.1, -0.05) is 23.7 Å². The number of amides is 3. The van der Waals surface area contributed by atoms with Crippen LogP contribution in [-0.4, -0.2) is 22.7 Å². The lowest BCUT2D eigenvalue weighted by Gasteiger charge is -2.24. The summed E-state index contributed by atoms with van der Waals surface area (Å²) in [6, 6.07) is 9.03. The largest absolute Gasteiger partial charge is 0.351 e. The number of imide groups is 1. The molecule has 7 heteroatoms. The maximum Gasteiger partial charge on any atom is 0.234 e. The minimum absolute atomic E-state index is 0.107. The zero-order valence-electron chi connectivity index (χ0n) is 15.8. The smallest absolute Gasteiger partial charge is 0.234 e. The van der Waals surface area contributed by atoms with Crippen LogP contribution in [0.15, 0.2) is 42.7 Å². The Hall–Kier alpha value is -2.73. The van der Waals surface area contributed by atoms with Crippen LogP contribution in [0.4, 0.5) is 0 Å². The highest BCUT2D eigenvalue weighted by molar-refractivity contribution is 6.31. The average Bonchev–Trinajstić information content (AvgIpc) is 2.67. The Labute approximate surface area is 168 Å². The second-order valence-electron chi connectivity index (χ2n) is 7.40. The molecule has 1 atom stereocenters. The second-order valence-corrected chi connectivity index (χ2v) is 7.81. The lowest BCUT2D eigenvalue weighted by atomic mass is 9.84. The summed E-state index contributed by atoms with van der Waals surface area (Å²) in [5.41, 5.74) is 1.71. The average molecular weight is 400 g/mol. The summed E-state index contributed by atoms with van der Waals surface area (Å²) in [5.74, 6) is -1.12. The monoisotopic (exact) mass is 399 g/mol. The molecule has 3 rings (SSSR count). The van der Waals surface area contributed by atoms with Gasteiger partial charge in [-0.25, -0.2) is 0 Å². The Balaban J connectivity index is 1.67. The number of nitrogens with zero attached hydrogens (tertiary/aromatic N) is 1. The Morgan fingerprint density at radius 2 is 1.96 bits per heavy atom. The van der Waals surface area contributed by atoms with Gasteiger partial charge in [0.05, 0.1) is 11.3 Å². The number of rotatable bonds is 5. The van der Waals surface area contributed by atoms with Crippen LogP contribution in [0, 0.1) is 0 Å². The summed E-state index contributed by atoms with van der Waals surface area (Å²) in [5, 5.41) is 5.73. The van der Waals surface area contributed by atoms with Crippen LogP contribution in [0.2, 0.25) is 5.02 Å². The van der Waals surface area contributed by atoms with Gasteiger partial charge in [-0.05, 0) is 55.2 Å². The molecule has 0 bridgehead atoms. The summed E-state index contributed by atoms with van der Waals surface area (Å²) >= 11 is 6.38. The van der Waals surface area contributed by atoms with Gasteiger partial charge in [0.25, 0.3) is 0 Å². The summed E-state index contributed by atoms with van der Waals surface area (Å²) in [6.07, 6.45) is 4.07. The quantitative estimate of drug-likeness (QED) is 0.757. The van der Waals surface area contributed by atoms with Crippen LogP contribution < -0.4 is 10.6 Å². The van der Waals surface area contributed by atoms with Crippen molar-refractivity contribution in [3.8, 4) is 0 Å². The third kappa shape index (κ3) is 4.22.